The first-order chi connectivity index (χ1) is 17.3. The largest absolute Gasteiger partial charge is 0.375 e. The zero-order valence-electron chi connectivity index (χ0n) is 18.9. The van der Waals surface area contributed by atoms with Crippen molar-refractivity contribution in [2.24, 2.45) is 0 Å². The van der Waals surface area contributed by atoms with E-state index >= 15 is 0 Å². The van der Waals surface area contributed by atoms with Crippen molar-refractivity contribution in [2.75, 3.05) is 5.73 Å². The third-order valence-electron chi connectivity index (χ3n) is 7.59. The van der Waals surface area contributed by atoms with Crippen LogP contribution in [-0.2, 0) is 5.60 Å². The number of hydrogen-bond donors (Lipinski definition) is 6. The molecule has 7 N–H and O–H groups in total. The molecule has 180 valence electrons. The van der Waals surface area contributed by atoms with Crippen LogP contribution in [0.15, 0.2) is 46.1 Å². The third-order valence-corrected chi connectivity index (χ3v) is 8.08. The molecule has 0 aliphatic heterocycles. The van der Waals surface area contributed by atoms with Gasteiger partial charge in [0.2, 0.25) is 5.78 Å². The minimum absolute atomic E-state index is 0.0871. The van der Waals surface area contributed by atoms with Crippen molar-refractivity contribution < 1.29 is 9.90 Å². The van der Waals surface area contributed by atoms with Gasteiger partial charge in [-0.2, -0.15) is 0 Å². The molecule has 0 saturated carbocycles. The van der Waals surface area contributed by atoms with Gasteiger partial charge in [-0.1, -0.05) is 28.9 Å². The molecule has 36 heavy (non-hydrogen) atoms. The molecule has 4 aromatic heterocycles. The van der Waals surface area contributed by atoms with Crippen molar-refractivity contribution >= 4 is 38.6 Å². The van der Waals surface area contributed by atoms with Gasteiger partial charge in [0.1, 0.15) is 11.4 Å². The monoisotopic (exact) mass is 545 g/mol. The highest BCUT2D eigenvalue weighted by Crippen LogP contribution is 2.55. The highest BCUT2D eigenvalue weighted by Gasteiger charge is 2.56. The molecule has 2 aliphatic carbocycles. The second-order valence-corrected chi connectivity index (χ2v) is 10.4. The van der Waals surface area contributed by atoms with Crippen molar-refractivity contribution in [3.63, 3.8) is 0 Å². The summed E-state index contributed by atoms with van der Waals surface area (Å²) in [5.74, 6) is -0.586. The first kappa shape index (κ1) is 21.3. The lowest BCUT2D eigenvalue weighted by molar-refractivity contribution is 0.00708. The van der Waals surface area contributed by atoms with Crippen LogP contribution in [0, 0.1) is 0 Å². The van der Waals surface area contributed by atoms with E-state index in [-0.39, 0.29) is 29.8 Å². The summed E-state index contributed by atoms with van der Waals surface area (Å²) in [6, 6.07) is 5.78. The number of H-pyrrole nitrogens is 4. The van der Waals surface area contributed by atoms with Crippen molar-refractivity contribution in [3.8, 4) is 22.5 Å². The van der Waals surface area contributed by atoms with Gasteiger partial charge in [-0.05, 0) is 30.0 Å². The number of aliphatic hydroxyl groups is 1. The third kappa shape index (κ3) is 2.69. The first-order valence-corrected chi connectivity index (χ1v) is 12.3. The van der Waals surface area contributed by atoms with E-state index in [1.807, 2.05) is 25.1 Å². The number of nitrogens with zero attached hydrogens (tertiary/aromatic N) is 2. The number of aromatic nitrogens is 6. The Labute approximate surface area is 211 Å². The summed E-state index contributed by atoms with van der Waals surface area (Å²) in [6.45, 7) is 2.01. The number of benzene rings is 1. The molecule has 3 atom stereocenters. The Morgan fingerprint density at radius 3 is 2.78 bits per heavy atom. The van der Waals surface area contributed by atoms with Gasteiger partial charge in [0, 0.05) is 50.5 Å². The highest BCUT2D eigenvalue weighted by molar-refractivity contribution is 9.10. The molecule has 0 amide bonds. The lowest BCUT2D eigenvalue weighted by Crippen LogP contribution is -2.46. The summed E-state index contributed by atoms with van der Waals surface area (Å²) in [4.78, 5) is 47.5. The summed E-state index contributed by atoms with van der Waals surface area (Å²) in [5, 5.41) is 12.3. The molecule has 0 fully saturated rings. The van der Waals surface area contributed by atoms with Crippen LogP contribution in [0.1, 0.15) is 52.6 Å². The van der Waals surface area contributed by atoms with Crippen LogP contribution in [0.5, 0.6) is 0 Å². The second kappa shape index (κ2) is 7.05. The van der Waals surface area contributed by atoms with Crippen LogP contribution < -0.4 is 11.3 Å². The topological polar surface area (TPSA) is 169 Å². The molecule has 0 unspecified atom stereocenters. The van der Waals surface area contributed by atoms with Gasteiger partial charge < -0.3 is 30.8 Å². The predicted octanol–water partition coefficient (Wildman–Crippen LogP) is 3.66. The molecule has 1 aromatic carbocycles. The molecular formula is C25H20BrN7O3. The Hall–Kier alpha value is -3.96. The number of nitrogens with two attached hydrogens (primary N) is 1. The van der Waals surface area contributed by atoms with Crippen molar-refractivity contribution in [3.05, 3.63) is 74.3 Å². The zero-order chi connectivity index (χ0) is 24.9. The summed E-state index contributed by atoms with van der Waals surface area (Å²) in [6.07, 6.45) is 5.24. The van der Waals surface area contributed by atoms with Crippen molar-refractivity contribution in [2.45, 2.75) is 30.8 Å². The second-order valence-electron chi connectivity index (χ2n) is 9.53. The van der Waals surface area contributed by atoms with Crippen LogP contribution in [0.25, 0.3) is 33.4 Å². The number of halogens is 1. The van der Waals surface area contributed by atoms with E-state index in [2.05, 4.69) is 45.8 Å². The number of rotatable bonds is 2. The SMILES string of the molecule is C[C@@H]1c2[nH]c(N)nc2[C@@]2(O)C[C@@H]1c1c(-c3cnc(-c4c[nH]c5cc(Br)ccc45)c(=O)[nH]3)c[nH]c1C2=O. The van der Waals surface area contributed by atoms with E-state index < -0.39 is 11.4 Å². The van der Waals surface area contributed by atoms with Gasteiger partial charge >= 0.3 is 0 Å². The maximum Gasteiger partial charge on any atom is 0.275 e. The molecule has 0 saturated heterocycles. The molecule has 4 heterocycles. The number of carbonyl (C=O) groups excluding carboxylic acids is 1. The van der Waals surface area contributed by atoms with Gasteiger partial charge in [-0.15, -0.1) is 0 Å². The van der Waals surface area contributed by atoms with Crippen LogP contribution in [0.4, 0.5) is 5.95 Å². The average molecular weight is 546 g/mol. The van der Waals surface area contributed by atoms with Gasteiger partial charge in [0.15, 0.2) is 11.5 Å². The van der Waals surface area contributed by atoms with E-state index in [0.717, 1.165) is 20.9 Å². The summed E-state index contributed by atoms with van der Waals surface area (Å²) in [5.41, 5.74) is 8.84. The molecule has 7 rings (SSSR count). The standard InChI is InChI=1S/C25H20BrN7O3/c1-9-12-5-25(36,21-18(9)32-24(27)33-21)22(34)20-17(12)14(7-29-20)16-8-30-19(23(35)31-16)13-6-28-15-4-10(26)2-3-11(13)15/h2-4,6-9,12,28-29,36H,5H2,1H3,(H,31,35)(H3,27,32,33)/t9-,12-,25-/m0/s1. The number of Topliss-reactive ketones (excluding diaryl/α,β-unsaturated/α-hetero) is 1. The number of nitrogens with one attached hydrogen (secondary N) is 4. The first-order valence-electron chi connectivity index (χ1n) is 11.5. The Kier molecular flexibility index (Phi) is 4.18. The quantitative estimate of drug-likeness (QED) is 0.197. The van der Waals surface area contributed by atoms with Crippen LogP contribution in [0.2, 0.25) is 0 Å². The summed E-state index contributed by atoms with van der Waals surface area (Å²) >= 11 is 3.46. The van der Waals surface area contributed by atoms with E-state index in [1.54, 1.807) is 18.6 Å². The number of carbonyl (C=O) groups is 1. The normalized spacial score (nSPS) is 22.6. The predicted molar refractivity (Wildman–Crippen MR) is 137 cm³/mol. The van der Waals surface area contributed by atoms with E-state index in [0.29, 0.717) is 39.6 Å². The lowest BCUT2D eigenvalue weighted by atomic mass is 9.63. The Balaban J connectivity index is 1.35. The molecule has 0 spiro atoms. The van der Waals surface area contributed by atoms with Gasteiger partial charge in [0.05, 0.1) is 17.6 Å². The molecule has 11 heteroatoms. The number of anilines is 1. The van der Waals surface area contributed by atoms with E-state index in [9.17, 15) is 14.7 Å². The Morgan fingerprint density at radius 2 is 1.97 bits per heavy atom. The number of fused-ring (bicyclic) bond motifs is 7. The van der Waals surface area contributed by atoms with Crippen molar-refractivity contribution in [1.82, 2.24) is 29.9 Å². The zero-order valence-corrected chi connectivity index (χ0v) is 20.5. The number of ketones is 1. The molecular weight excluding hydrogens is 526 g/mol. The fraction of sp³-hybridized carbons (Fsp3) is 0.200. The van der Waals surface area contributed by atoms with E-state index in [1.165, 1.54) is 0 Å². The Morgan fingerprint density at radius 1 is 1.17 bits per heavy atom. The lowest BCUT2D eigenvalue weighted by Gasteiger charge is -2.42. The van der Waals surface area contributed by atoms with Crippen molar-refractivity contribution in [1.29, 1.82) is 0 Å². The van der Waals surface area contributed by atoms with Gasteiger partial charge in [0.25, 0.3) is 5.56 Å². The number of nitrogen functional groups attached to an aromatic ring is 1. The fourth-order valence-corrected chi connectivity index (χ4v) is 6.22. The average Bonchev–Trinajstić information content (AvgIpc) is 3.57. The van der Waals surface area contributed by atoms with Crippen LogP contribution in [-0.4, -0.2) is 40.8 Å². The summed E-state index contributed by atoms with van der Waals surface area (Å²) in [7, 11) is 0. The summed E-state index contributed by atoms with van der Waals surface area (Å²) < 4.78 is 0.932. The molecule has 2 bridgehead atoms. The minimum Gasteiger partial charge on any atom is -0.375 e. The maximum absolute atomic E-state index is 13.4. The molecule has 5 aromatic rings. The van der Waals surface area contributed by atoms with Gasteiger partial charge in [-0.25, -0.2) is 9.97 Å². The number of imidazole rings is 1. The molecule has 10 nitrogen and oxygen atoms in total. The van der Waals surface area contributed by atoms with Crippen LogP contribution in [0.3, 0.4) is 0 Å². The molecule has 0 radical (unpaired) electrons. The fourth-order valence-electron chi connectivity index (χ4n) is 5.86. The molecule has 2 aliphatic rings. The Bertz CT molecular complexity index is 1790. The van der Waals surface area contributed by atoms with Crippen LogP contribution >= 0.6 is 15.9 Å². The highest BCUT2D eigenvalue weighted by atomic mass is 79.9. The maximum atomic E-state index is 13.4. The smallest absolute Gasteiger partial charge is 0.275 e. The van der Waals surface area contributed by atoms with Gasteiger partial charge in [-0.3, -0.25) is 9.59 Å². The number of hydrogen-bond acceptors (Lipinski definition) is 6. The minimum atomic E-state index is -1.75. The number of aromatic amines is 4. The van der Waals surface area contributed by atoms with E-state index in [4.69, 9.17) is 5.73 Å².